The smallest absolute Gasteiger partial charge is 0.222 e. The van der Waals surface area contributed by atoms with Crippen LogP contribution in [0.25, 0.3) is 0 Å². The summed E-state index contributed by atoms with van der Waals surface area (Å²) in [6, 6.07) is 1.85. The van der Waals surface area contributed by atoms with Crippen molar-refractivity contribution in [1.29, 1.82) is 0 Å². The molecule has 3 atom stereocenters. The molecular formula is C16H26N2O5. The number of amides is 1. The van der Waals surface area contributed by atoms with E-state index < -0.39 is 6.10 Å². The maximum atomic E-state index is 11.6. The van der Waals surface area contributed by atoms with E-state index in [1.165, 1.54) is 0 Å². The molecule has 1 aliphatic heterocycles. The van der Waals surface area contributed by atoms with Crippen LogP contribution in [0.5, 0.6) is 0 Å². The zero-order valence-electron chi connectivity index (χ0n) is 13.9. The van der Waals surface area contributed by atoms with E-state index in [1.807, 2.05) is 19.9 Å². The summed E-state index contributed by atoms with van der Waals surface area (Å²) in [4.78, 5) is 11.6. The summed E-state index contributed by atoms with van der Waals surface area (Å²) in [5, 5.41) is 16.9. The van der Waals surface area contributed by atoms with Gasteiger partial charge in [-0.15, -0.1) is 0 Å². The molecule has 1 aliphatic rings. The number of nitrogens with zero attached hydrogens (tertiary/aromatic N) is 1. The average Bonchev–Trinajstić information content (AvgIpc) is 2.95. The molecule has 1 aromatic heterocycles. The lowest BCUT2D eigenvalue weighted by molar-refractivity contribution is -0.131. The molecule has 0 aliphatic carbocycles. The van der Waals surface area contributed by atoms with Crippen LogP contribution in [-0.2, 0) is 27.3 Å². The molecule has 0 saturated carbocycles. The number of methoxy groups -OCH3 is 1. The first-order valence-electron chi connectivity index (χ1n) is 8.04. The predicted molar refractivity (Wildman–Crippen MR) is 82.7 cm³/mol. The Morgan fingerprint density at radius 1 is 1.52 bits per heavy atom. The molecule has 7 nitrogen and oxygen atoms in total. The molecule has 1 aromatic rings. The van der Waals surface area contributed by atoms with Crippen molar-refractivity contribution in [1.82, 2.24) is 10.5 Å². The molecule has 2 rings (SSSR count). The third-order valence-electron chi connectivity index (χ3n) is 3.91. The van der Waals surface area contributed by atoms with Gasteiger partial charge >= 0.3 is 0 Å². The molecule has 0 unspecified atom stereocenters. The van der Waals surface area contributed by atoms with Gasteiger partial charge in [-0.1, -0.05) is 19.0 Å². The van der Waals surface area contributed by atoms with Crippen molar-refractivity contribution in [3.05, 3.63) is 17.5 Å². The minimum Gasteiger partial charge on any atom is -0.390 e. The van der Waals surface area contributed by atoms with E-state index in [1.54, 1.807) is 7.11 Å². The highest BCUT2D eigenvalue weighted by Crippen LogP contribution is 2.22. The Morgan fingerprint density at radius 3 is 3.00 bits per heavy atom. The molecule has 0 radical (unpaired) electrons. The van der Waals surface area contributed by atoms with Gasteiger partial charge < -0.3 is 24.4 Å². The standard InChI is InChI=1S/C16H26N2O5/c1-10(2)16(20)17-8-15-14(19)5-4-12(22-15)6-11-7-13(9-21-3)23-18-11/h7,10,12,14-15,19H,4-6,8-9H2,1-3H3,(H,17,20)/t12-,14-,15+/m0/s1. The van der Waals surface area contributed by atoms with Crippen molar-refractivity contribution in [3.8, 4) is 0 Å². The molecule has 2 N–H and O–H groups in total. The monoisotopic (exact) mass is 326 g/mol. The number of aliphatic hydroxyl groups excluding tert-OH is 1. The fourth-order valence-electron chi connectivity index (χ4n) is 2.58. The van der Waals surface area contributed by atoms with Gasteiger partial charge in [0.25, 0.3) is 0 Å². The molecular weight excluding hydrogens is 300 g/mol. The molecule has 1 saturated heterocycles. The second-order valence-corrected chi connectivity index (χ2v) is 6.26. The van der Waals surface area contributed by atoms with Crippen molar-refractivity contribution in [2.45, 2.75) is 58.0 Å². The van der Waals surface area contributed by atoms with Crippen LogP contribution in [0, 0.1) is 5.92 Å². The van der Waals surface area contributed by atoms with E-state index in [0.29, 0.717) is 31.8 Å². The zero-order valence-corrected chi connectivity index (χ0v) is 13.9. The largest absolute Gasteiger partial charge is 0.390 e. The first kappa shape index (κ1) is 17.9. The van der Waals surface area contributed by atoms with Gasteiger partial charge in [0.1, 0.15) is 12.7 Å². The first-order chi connectivity index (χ1) is 11.0. The first-order valence-corrected chi connectivity index (χ1v) is 8.04. The van der Waals surface area contributed by atoms with Gasteiger partial charge in [-0.2, -0.15) is 0 Å². The van der Waals surface area contributed by atoms with Crippen molar-refractivity contribution < 1.29 is 23.9 Å². The van der Waals surface area contributed by atoms with Gasteiger partial charge in [-0.05, 0) is 12.8 Å². The van der Waals surface area contributed by atoms with Gasteiger partial charge in [-0.3, -0.25) is 4.79 Å². The Hall–Kier alpha value is -1.44. The lowest BCUT2D eigenvalue weighted by Gasteiger charge is -2.34. The summed E-state index contributed by atoms with van der Waals surface area (Å²) in [6.07, 6.45) is 1.04. The lowest BCUT2D eigenvalue weighted by atomic mass is 9.98. The lowest BCUT2D eigenvalue weighted by Crippen LogP contribution is -2.47. The summed E-state index contributed by atoms with van der Waals surface area (Å²) in [5.74, 6) is 0.559. The Bertz CT molecular complexity index is 502. The maximum Gasteiger partial charge on any atom is 0.222 e. The zero-order chi connectivity index (χ0) is 16.8. The highest BCUT2D eigenvalue weighted by Gasteiger charge is 2.30. The van der Waals surface area contributed by atoms with Crippen LogP contribution in [0.2, 0.25) is 0 Å². The molecule has 7 heteroatoms. The third-order valence-corrected chi connectivity index (χ3v) is 3.91. The summed E-state index contributed by atoms with van der Waals surface area (Å²) >= 11 is 0. The van der Waals surface area contributed by atoms with Crippen molar-refractivity contribution in [3.63, 3.8) is 0 Å². The minimum atomic E-state index is -0.555. The highest BCUT2D eigenvalue weighted by atomic mass is 16.5. The number of ether oxygens (including phenoxy) is 2. The van der Waals surface area contributed by atoms with Crippen LogP contribution >= 0.6 is 0 Å². The number of aromatic nitrogens is 1. The molecule has 1 amide bonds. The number of rotatable bonds is 7. The topological polar surface area (TPSA) is 93.8 Å². The van der Waals surface area contributed by atoms with Gasteiger partial charge in [0.2, 0.25) is 5.91 Å². The quantitative estimate of drug-likeness (QED) is 0.778. The number of aliphatic hydroxyl groups is 1. The van der Waals surface area contributed by atoms with Gasteiger partial charge in [0.15, 0.2) is 5.76 Å². The van der Waals surface area contributed by atoms with E-state index in [9.17, 15) is 9.90 Å². The number of hydrogen-bond donors (Lipinski definition) is 2. The molecule has 130 valence electrons. The Morgan fingerprint density at radius 2 is 2.30 bits per heavy atom. The van der Waals surface area contributed by atoms with E-state index >= 15 is 0 Å². The number of hydrogen-bond acceptors (Lipinski definition) is 6. The number of carbonyl (C=O) groups is 1. The summed E-state index contributed by atoms with van der Waals surface area (Å²) in [5.41, 5.74) is 0.809. The van der Waals surface area contributed by atoms with E-state index in [-0.39, 0.29) is 24.0 Å². The maximum absolute atomic E-state index is 11.6. The Balaban J connectivity index is 1.85. The summed E-state index contributed by atoms with van der Waals surface area (Å²) in [6.45, 7) is 4.38. The fraction of sp³-hybridized carbons (Fsp3) is 0.750. The van der Waals surface area contributed by atoms with Crippen LogP contribution in [0.4, 0.5) is 0 Å². The average molecular weight is 326 g/mol. The predicted octanol–water partition coefficient (Wildman–Crippen LogP) is 1.04. The summed E-state index contributed by atoms with van der Waals surface area (Å²) < 4.78 is 16.1. The highest BCUT2D eigenvalue weighted by molar-refractivity contribution is 5.77. The van der Waals surface area contributed by atoms with Crippen LogP contribution in [0.1, 0.15) is 38.1 Å². The van der Waals surface area contributed by atoms with Gasteiger partial charge in [-0.25, -0.2) is 0 Å². The SMILES string of the molecule is COCc1cc(C[C@@H]2CC[C@H](O)[C@@H](CNC(=O)C(C)C)O2)no1. The fourth-order valence-corrected chi connectivity index (χ4v) is 2.58. The molecule has 1 fully saturated rings. The Kier molecular flexibility index (Phi) is 6.56. The second kappa shape index (κ2) is 8.42. The molecule has 23 heavy (non-hydrogen) atoms. The molecule has 0 aromatic carbocycles. The van der Waals surface area contributed by atoms with Crippen LogP contribution in [0.3, 0.4) is 0 Å². The van der Waals surface area contributed by atoms with E-state index in [0.717, 1.165) is 12.1 Å². The van der Waals surface area contributed by atoms with Crippen molar-refractivity contribution >= 4 is 5.91 Å². The molecule has 0 bridgehead atoms. The van der Waals surface area contributed by atoms with Crippen molar-refractivity contribution in [2.24, 2.45) is 5.92 Å². The van der Waals surface area contributed by atoms with Crippen LogP contribution in [-0.4, -0.2) is 48.1 Å². The Labute approximate surface area is 136 Å². The van der Waals surface area contributed by atoms with Gasteiger partial charge in [0, 0.05) is 32.1 Å². The number of nitrogens with one attached hydrogen (secondary N) is 1. The van der Waals surface area contributed by atoms with E-state index in [2.05, 4.69) is 10.5 Å². The normalized spacial score (nSPS) is 24.8. The van der Waals surface area contributed by atoms with Crippen LogP contribution < -0.4 is 5.32 Å². The number of carbonyl (C=O) groups excluding carboxylic acids is 1. The third kappa shape index (κ3) is 5.30. The van der Waals surface area contributed by atoms with Gasteiger partial charge in [0.05, 0.1) is 17.9 Å². The molecule has 2 heterocycles. The second-order valence-electron chi connectivity index (χ2n) is 6.26. The van der Waals surface area contributed by atoms with Crippen LogP contribution in [0.15, 0.2) is 10.6 Å². The summed E-state index contributed by atoms with van der Waals surface area (Å²) in [7, 11) is 1.60. The minimum absolute atomic E-state index is 0.0383. The van der Waals surface area contributed by atoms with E-state index in [4.69, 9.17) is 14.0 Å². The molecule has 0 spiro atoms. The van der Waals surface area contributed by atoms with Crippen molar-refractivity contribution in [2.75, 3.05) is 13.7 Å².